The van der Waals surface area contributed by atoms with Crippen LogP contribution in [0.2, 0.25) is 0 Å². The molecule has 0 aromatic rings. The first-order valence-electron chi connectivity index (χ1n) is 5.88. The summed E-state index contributed by atoms with van der Waals surface area (Å²) >= 11 is 0. The van der Waals surface area contributed by atoms with Crippen LogP contribution in [0.25, 0.3) is 0 Å². The average molecular weight is 264 g/mol. The number of amides is 1. The monoisotopic (exact) mass is 264 g/mol. The van der Waals surface area contributed by atoms with Gasteiger partial charge in [-0.05, 0) is 13.3 Å². The SMILES string of the molecule is CCCNC(=O)C1COCCN1S(=O)(=O)CC. The Hall–Kier alpha value is -0.660. The number of hydrogen-bond donors (Lipinski definition) is 1. The van der Waals surface area contributed by atoms with Gasteiger partial charge in [0.05, 0.1) is 19.0 Å². The maximum atomic E-state index is 11.8. The molecule has 0 spiro atoms. The summed E-state index contributed by atoms with van der Waals surface area (Å²) in [4.78, 5) is 11.8. The van der Waals surface area contributed by atoms with Crippen molar-refractivity contribution in [3.05, 3.63) is 0 Å². The van der Waals surface area contributed by atoms with E-state index in [0.717, 1.165) is 6.42 Å². The first kappa shape index (κ1) is 14.4. The van der Waals surface area contributed by atoms with Crippen LogP contribution in [0.4, 0.5) is 0 Å². The van der Waals surface area contributed by atoms with Gasteiger partial charge in [-0.2, -0.15) is 4.31 Å². The number of carbonyl (C=O) groups is 1. The van der Waals surface area contributed by atoms with Crippen LogP contribution < -0.4 is 5.32 Å². The van der Waals surface area contributed by atoms with Crippen LogP contribution in [0.5, 0.6) is 0 Å². The van der Waals surface area contributed by atoms with Crippen molar-refractivity contribution >= 4 is 15.9 Å². The molecular formula is C10H20N2O4S. The molecule has 0 aliphatic carbocycles. The highest BCUT2D eigenvalue weighted by molar-refractivity contribution is 7.89. The zero-order valence-electron chi connectivity index (χ0n) is 10.3. The van der Waals surface area contributed by atoms with Crippen LogP contribution in [0.1, 0.15) is 20.3 Å². The molecule has 0 bridgehead atoms. The van der Waals surface area contributed by atoms with E-state index in [9.17, 15) is 13.2 Å². The maximum absolute atomic E-state index is 11.8. The zero-order chi connectivity index (χ0) is 12.9. The van der Waals surface area contributed by atoms with Gasteiger partial charge in [0.2, 0.25) is 15.9 Å². The molecule has 1 amide bonds. The minimum absolute atomic E-state index is 0.00452. The van der Waals surface area contributed by atoms with Gasteiger partial charge in [0, 0.05) is 13.1 Å². The molecule has 0 aromatic carbocycles. The van der Waals surface area contributed by atoms with E-state index in [-0.39, 0.29) is 24.8 Å². The van der Waals surface area contributed by atoms with Crippen LogP contribution in [0, 0.1) is 0 Å². The largest absolute Gasteiger partial charge is 0.378 e. The third-order valence-corrected chi connectivity index (χ3v) is 4.53. The molecule has 7 heteroatoms. The van der Waals surface area contributed by atoms with Gasteiger partial charge in [-0.1, -0.05) is 6.92 Å². The highest BCUT2D eigenvalue weighted by Crippen LogP contribution is 2.13. The molecule has 1 unspecified atom stereocenters. The van der Waals surface area contributed by atoms with E-state index in [1.807, 2.05) is 6.92 Å². The standard InChI is InChI=1S/C10H20N2O4S/c1-3-5-11-10(13)9-8-16-7-6-12(9)17(14,15)4-2/h9H,3-8H2,1-2H3,(H,11,13). The minimum Gasteiger partial charge on any atom is -0.378 e. The number of rotatable bonds is 5. The third kappa shape index (κ3) is 3.65. The Morgan fingerprint density at radius 2 is 2.18 bits per heavy atom. The second kappa shape index (κ2) is 6.32. The van der Waals surface area contributed by atoms with Gasteiger partial charge in [-0.15, -0.1) is 0 Å². The van der Waals surface area contributed by atoms with Crippen molar-refractivity contribution in [2.24, 2.45) is 0 Å². The molecule has 0 saturated carbocycles. The Balaban J connectivity index is 2.76. The van der Waals surface area contributed by atoms with Crippen LogP contribution in [0.3, 0.4) is 0 Å². The minimum atomic E-state index is -3.35. The van der Waals surface area contributed by atoms with E-state index >= 15 is 0 Å². The van der Waals surface area contributed by atoms with Crippen molar-refractivity contribution in [2.45, 2.75) is 26.3 Å². The molecule has 1 fully saturated rings. The van der Waals surface area contributed by atoms with Crippen molar-refractivity contribution in [2.75, 3.05) is 32.1 Å². The summed E-state index contributed by atoms with van der Waals surface area (Å²) in [5, 5.41) is 2.70. The van der Waals surface area contributed by atoms with Gasteiger partial charge < -0.3 is 10.1 Å². The molecule has 17 heavy (non-hydrogen) atoms. The number of sulfonamides is 1. The summed E-state index contributed by atoms with van der Waals surface area (Å²) in [6.45, 7) is 4.80. The summed E-state index contributed by atoms with van der Waals surface area (Å²) in [6, 6.07) is -0.722. The topological polar surface area (TPSA) is 75.7 Å². The highest BCUT2D eigenvalue weighted by atomic mass is 32.2. The summed E-state index contributed by atoms with van der Waals surface area (Å²) in [5.41, 5.74) is 0. The Morgan fingerprint density at radius 3 is 2.76 bits per heavy atom. The molecule has 1 N–H and O–H groups in total. The normalized spacial score (nSPS) is 22.4. The molecule has 1 heterocycles. The highest BCUT2D eigenvalue weighted by Gasteiger charge is 2.36. The maximum Gasteiger partial charge on any atom is 0.240 e. The second-order valence-electron chi connectivity index (χ2n) is 3.89. The Kier molecular flexibility index (Phi) is 5.35. The van der Waals surface area contributed by atoms with E-state index in [1.54, 1.807) is 6.92 Å². The first-order valence-corrected chi connectivity index (χ1v) is 7.48. The lowest BCUT2D eigenvalue weighted by Crippen LogP contribution is -2.56. The lowest BCUT2D eigenvalue weighted by atomic mass is 10.2. The smallest absolute Gasteiger partial charge is 0.240 e. The van der Waals surface area contributed by atoms with Gasteiger partial charge in [0.1, 0.15) is 6.04 Å². The number of nitrogens with one attached hydrogen (secondary N) is 1. The molecule has 1 rings (SSSR count). The van der Waals surface area contributed by atoms with Crippen molar-refractivity contribution in [3.8, 4) is 0 Å². The molecular weight excluding hydrogens is 244 g/mol. The Morgan fingerprint density at radius 1 is 1.47 bits per heavy atom. The zero-order valence-corrected chi connectivity index (χ0v) is 11.1. The number of carbonyl (C=O) groups excluding carboxylic acids is 1. The quantitative estimate of drug-likeness (QED) is 0.730. The lowest BCUT2D eigenvalue weighted by Gasteiger charge is -2.33. The molecule has 1 aliphatic heterocycles. The number of nitrogens with zero attached hydrogens (tertiary/aromatic N) is 1. The van der Waals surface area contributed by atoms with Gasteiger partial charge in [0.25, 0.3) is 0 Å². The molecule has 0 aromatic heterocycles. The Bertz CT molecular complexity index is 355. The van der Waals surface area contributed by atoms with E-state index in [1.165, 1.54) is 4.31 Å². The van der Waals surface area contributed by atoms with Crippen molar-refractivity contribution in [1.29, 1.82) is 0 Å². The number of ether oxygens (including phenoxy) is 1. The van der Waals surface area contributed by atoms with Crippen molar-refractivity contribution in [1.82, 2.24) is 9.62 Å². The molecule has 1 saturated heterocycles. The number of morpholine rings is 1. The fourth-order valence-electron chi connectivity index (χ4n) is 1.66. The number of hydrogen-bond acceptors (Lipinski definition) is 4. The van der Waals surface area contributed by atoms with Crippen LogP contribution >= 0.6 is 0 Å². The van der Waals surface area contributed by atoms with E-state index < -0.39 is 16.1 Å². The summed E-state index contributed by atoms with van der Waals surface area (Å²) in [6.07, 6.45) is 0.819. The molecule has 1 aliphatic rings. The van der Waals surface area contributed by atoms with Crippen LogP contribution in [0.15, 0.2) is 0 Å². The third-order valence-electron chi connectivity index (χ3n) is 2.65. The van der Waals surface area contributed by atoms with Crippen LogP contribution in [-0.4, -0.2) is 56.7 Å². The van der Waals surface area contributed by atoms with E-state index in [0.29, 0.717) is 13.2 Å². The molecule has 100 valence electrons. The second-order valence-corrected chi connectivity index (χ2v) is 6.10. The van der Waals surface area contributed by atoms with E-state index in [4.69, 9.17) is 4.74 Å². The van der Waals surface area contributed by atoms with Gasteiger partial charge in [-0.25, -0.2) is 8.42 Å². The summed E-state index contributed by atoms with van der Waals surface area (Å²) < 4.78 is 30.1. The van der Waals surface area contributed by atoms with Crippen molar-refractivity contribution < 1.29 is 17.9 Å². The lowest BCUT2D eigenvalue weighted by molar-refractivity contribution is -0.129. The predicted molar refractivity (Wildman–Crippen MR) is 64.1 cm³/mol. The predicted octanol–water partition coefficient (Wildman–Crippen LogP) is -0.437. The molecule has 6 nitrogen and oxygen atoms in total. The van der Waals surface area contributed by atoms with Gasteiger partial charge in [-0.3, -0.25) is 4.79 Å². The summed E-state index contributed by atoms with van der Waals surface area (Å²) in [5.74, 6) is -0.270. The fourth-order valence-corrected chi connectivity index (χ4v) is 2.89. The van der Waals surface area contributed by atoms with Gasteiger partial charge >= 0.3 is 0 Å². The molecule has 0 radical (unpaired) electrons. The van der Waals surface area contributed by atoms with E-state index in [2.05, 4.69) is 5.32 Å². The van der Waals surface area contributed by atoms with Gasteiger partial charge in [0.15, 0.2) is 0 Å². The van der Waals surface area contributed by atoms with Crippen LogP contribution in [-0.2, 0) is 19.6 Å². The average Bonchev–Trinajstić information content (AvgIpc) is 2.36. The fraction of sp³-hybridized carbons (Fsp3) is 0.900. The molecule has 1 atom stereocenters. The Labute approximate surface area is 102 Å². The first-order chi connectivity index (χ1) is 8.03. The van der Waals surface area contributed by atoms with Crippen molar-refractivity contribution in [3.63, 3.8) is 0 Å². The summed E-state index contributed by atoms with van der Waals surface area (Å²) in [7, 11) is -3.35.